The Morgan fingerprint density at radius 3 is 2.50 bits per heavy atom. The standard InChI is InChI=1S/C22H31NO2S/c1-16(2)12-15-22(13-6-3-7-14-22)21(25)23-18-8-4-5-9-19(18)26-20(24)17-10-11-17/h4-5,8-9,16-17H,3,6-7,10-15H2,1-2H3,(H,23,25). The molecule has 0 bridgehead atoms. The number of carbonyl (C=O) groups is 2. The number of hydrogen-bond acceptors (Lipinski definition) is 3. The van der Waals surface area contributed by atoms with E-state index in [1.807, 2.05) is 24.3 Å². The summed E-state index contributed by atoms with van der Waals surface area (Å²) in [4.78, 5) is 26.4. The van der Waals surface area contributed by atoms with Crippen LogP contribution >= 0.6 is 11.8 Å². The van der Waals surface area contributed by atoms with Gasteiger partial charge in [-0.05, 0) is 68.3 Å². The van der Waals surface area contributed by atoms with Crippen molar-refractivity contribution in [3.05, 3.63) is 24.3 Å². The molecule has 0 aromatic heterocycles. The van der Waals surface area contributed by atoms with Gasteiger partial charge in [0.05, 0.1) is 5.69 Å². The molecule has 1 aromatic rings. The van der Waals surface area contributed by atoms with Crippen LogP contribution in [0.1, 0.15) is 71.6 Å². The van der Waals surface area contributed by atoms with Gasteiger partial charge in [0.25, 0.3) is 0 Å². The zero-order valence-electron chi connectivity index (χ0n) is 16.1. The average molecular weight is 374 g/mol. The molecule has 3 rings (SSSR count). The van der Waals surface area contributed by atoms with Crippen molar-refractivity contribution in [2.45, 2.75) is 76.5 Å². The molecule has 0 aliphatic heterocycles. The van der Waals surface area contributed by atoms with Crippen molar-refractivity contribution >= 4 is 28.5 Å². The second kappa shape index (κ2) is 8.60. The number of thioether (sulfide) groups is 1. The van der Waals surface area contributed by atoms with Gasteiger partial charge in [-0.15, -0.1) is 0 Å². The Hall–Kier alpha value is -1.29. The Morgan fingerprint density at radius 1 is 1.15 bits per heavy atom. The van der Waals surface area contributed by atoms with Gasteiger partial charge in [0.2, 0.25) is 5.91 Å². The third kappa shape index (κ3) is 4.91. The number of nitrogens with one attached hydrogen (secondary N) is 1. The fourth-order valence-electron chi connectivity index (χ4n) is 3.81. The van der Waals surface area contributed by atoms with E-state index < -0.39 is 0 Å². The van der Waals surface area contributed by atoms with Gasteiger partial charge >= 0.3 is 0 Å². The summed E-state index contributed by atoms with van der Waals surface area (Å²) in [6, 6.07) is 7.75. The Morgan fingerprint density at radius 2 is 1.85 bits per heavy atom. The first-order valence-electron chi connectivity index (χ1n) is 10.1. The zero-order valence-corrected chi connectivity index (χ0v) is 16.9. The topological polar surface area (TPSA) is 46.2 Å². The van der Waals surface area contributed by atoms with E-state index in [1.54, 1.807) is 0 Å². The highest BCUT2D eigenvalue weighted by atomic mass is 32.2. The van der Waals surface area contributed by atoms with Gasteiger partial charge in [-0.25, -0.2) is 0 Å². The highest BCUT2D eigenvalue weighted by Gasteiger charge is 2.39. The summed E-state index contributed by atoms with van der Waals surface area (Å²) in [5, 5.41) is 3.43. The van der Waals surface area contributed by atoms with Crippen LogP contribution in [0.5, 0.6) is 0 Å². The molecule has 2 aliphatic rings. The summed E-state index contributed by atoms with van der Waals surface area (Å²) in [7, 11) is 0. The number of hydrogen-bond donors (Lipinski definition) is 1. The molecule has 1 amide bonds. The van der Waals surface area contributed by atoms with E-state index in [0.717, 1.165) is 61.9 Å². The van der Waals surface area contributed by atoms with Gasteiger partial charge in [0.15, 0.2) is 5.12 Å². The van der Waals surface area contributed by atoms with Gasteiger partial charge in [-0.2, -0.15) is 0 Å². The van der Waals surface area contributed by atoms with Crippen LogP contribution in [-0.2, 0) is 9.59 Å². The Labute approximate surface area is 161 Å². The van der Waals surface area contributed by atoms with E-state index in [1.165, 1.54) is 18.2 Å². The van der Waals surface area contributed by atoms with Crippen LogP contribution in [0, 0.1) is 17.3 Å². The van der Waals surface area contributed by atoms with Crippen molar-refractivity contribution in [2.24, 2.45) is 17.3 Å². The molecule has 142 valence electrons. The van der Waals surface area contributed by atoms with Crippen LogP contribution in [0.3, 0.4) is 0 Å². The third-order valence-electron chi connectivity index (χ3n) is 5.75. The predicted octanol–water partition coefficient (Wildman–Crippen LogP) is 6.04. The fourth-order valence-corrected chi connectivity index (χ4v) is 4.80. The maximum absolute atomic E-state index is 13.3. The lowest BCUT2D eigenvalue weighted by molar-refractivity contribution is -0.128. The molecule has 0 heterocycles. The number of anilines is 1. The molecule has 2 fully saturated rings. The molecule has 0 spiro atoms. The minimum absolute atomic E-state index is 0.157. The molecule has 26 heavy (non-hydrogen) atoms. The van der Waals surface area contributed by atoms with Crippen LogP contribution in [0.25, 0.3) is 0 Å². The Balaban J connectivity index is 1.73. The number of para-hydroxylation sites is 1. The summed E-state index contributed by atoms with van der Waals surface area (Å²) in [5.74, 6) is 0.991. The maximum atomic E-state index is 13.3. The number of rotatable bonds is 7. The SMILES string of the molecule is CC(C)CCC1(C(=O)Nc2ccccc2SC(=O)C2CC2)CCCCC1. The molecule has 1 N–H and O–H groups in total. The van der Waals surface area contributed by atoms with Crippen LogP contribution in [-0.4, -0.2) is 11.0 Å². The lowest BCUT2D eigenvalue weighted by Crippen LogP contribution is -2.38. The Bertz CT molecular complexity index is 645. The summed E-state index contributed by atoms with van der Waals surface area (Å²) in [6.45, 7) is 4.45. The normalized spacial score (nSPS) is 19.3. The van der Waals surface area contributed by atoms with E-state index >= 15 is 0 Å². The van der Waals surface area contributed by atoms with Gasteiger partial charge in [-0.1, -0.05) is 45.2 Å². The molecule has 1 aromatic carbocycles. The average Bonchev–Trinajstić information content (AvgIpc) is 3.47. The number of amides is 1. The fraction of sp³-hybridized carbons (Fsp3) is 0.636. The van der Waals surface area contributed by atoms with Crippen molar-refractivity contribution in [1.29, 1.82) is 0 Å². The first-order valence-corrected chi connectivity index (χ1v) is 10.9. The summed E-state index contributed by atoms with van der Waals surface area (Å²) < 4.78 is 0. The second-order valence-corrected chi connectivity index (χ2v) is 9.47. The molecule has 3 nitrogen and oxygen atoms in total. The number of benzene rings is 1. The second-order valence-electron chi connectivity index (χ2n) is 8.42. The summed E-state index contributed by atoms with van der Waals surface area (Å²) >= 11 is 1.29. The van der Waals surface area contributed by atoms with E-state index in [0.29, 0.717) is 5.92 Å². The van der Waals surface area contributed by atoms with Gasteiger partial charge in [0.1, 0.15) is 0 Å². The number of carbonyl (C=O) groups excluding carboxylic acids is 2. The van der Waals surface area contributed by atoms with Crippen LogP contribution in [0.2, 0.25) is 0 Å². The molecule has 0 radical (unpaired) electrons. The molecule has 4 heteroatoms. The molecule has 2 saturated carbocycles. The minimum atomic E-state index is -0.235. The van der Waals surface area contributed by atoms with E-state index in [4.69, 9.17) is 0 Å². The first kappa shape index (κ1) is 19.5. The molecule has 0 saturated heterocycles. The smallest absolute Gasteiger partial charge is 0.230 e. The van der Waals surface area contributed by atoms with Crippen LogP contribution in [0.15, 0.2) is 29.2 Å². The van der Waals surface area contributed by atoms with Crippen molar-refractivity contribution in [2.75, 3.05) is 5.32 Å². The highest BCUT2D eigenvalue weighted by molar-refractivity contribution is 8.13. The minimum Gasteiger partial charge on any atom is -0.325 e. The highest BCUT2D eigenvalue weighted by Crippen LogP contribution is 2.43. The van der Waals surface area contributed by atoms with Crippen molar-refractivity contribution in [3.63, 3.8) is 0 Å². The van der Waals surface area contributed by atoms with E-state index in [-0.39, 0.29) is 22.4 Å². The van der Waals surface area contributed by atoms with Crippen LogP contribution < -0.4 is 5.32 Å². The maximum Gasteiger partial charge on any atom is 0.230 e. The van der Waals surface area contributed by atoms with E-state index in [9.17, 15) is 9.59 Å². The lowest BCUT2D eigenvalue weighted by Gasteiger charge is -2.36. The first-order chi connectivity index (χ1) is 12.5. The molecule has 2 aliphatic carbocycles. The zero-order chi connectivity index (χ0) is 18.6. The van der Waals surface area contributed by atoms with Gasteiger partial charge in [-0.3, -0.25) is 9.59 Å². The van der Waals surface area contributed by atoms with Crippen molar-refractivity contribution in [1.82, 2.24) is 0 Å². The van der Waals surface area contributed by atoms with E-state index in [2.05, 4.69) is 19.2 Å². The van der Waals surface area contributed by atoms with Gasteiger partial charge in [0, 0.05) is 16.2 Å². The lowest BCUT2D eigenvalue weighted by atomic mass is 9.69. The van der Waals surface area contributed by atoms with Gasteiger partial charge < -0.3 is 5.32 Å². The third-order valence-corrected chi connectivity index (χ3v) is 6.86. The van der Waals surface area contributed by atoms with Crippen LogP contribution in [0.4, 0.5) is 5.69 Å². The van der Waals surface area contributed by atoms with Crippen molar-refractivity contribution in [3.8, 4) is 0 Å². The van der Waals surface area contributed by atoms with Crippen molar-refractivity contribution < 1.29 is 9.59 Å². The summed E-state index contributed by atoms with van der Waals surface area (Å²) in [5.41, 5.74) is 0.562. The summed E-state index contributed by atoms with van der Waals surface area (Å²) in [6.07, 6.45) is 9.57. The molecule has 0 unspecified atom stereocenters. The quantitative estimate of drug-likeness (QED) is 0.593. The molecular weight excluding hydrogens is 342 g/mol. The Kier molecular flexibility index (Phi) is 6.44. The molecule has 0 atom stereocenters. The predicted molar refractivity (Wildman–Crippen MR) is 108 cm³/mol. The largest absolute Gasteiger partial charge is 0.325 e. The molecular formula is C22H31NO2S. The monoisotopic (exact) mass is 373 g/mol.